The van der Waals surface area contributed by atoms with E-state index >= 15 is 0 Å². The van der Waals surface area contributed by atoms with Crippen LogP contribution in [0, 0.1) is 0 Å². The standard InChI is InChI=1S/C19H24F3N3O2S/c1-2-3-9-25-16-7-6-13(19(20,21)22)10-15(16)23-18(25)28-12-17(27)24-8-4-5-14(26)11-24/h6-7,10,14,26H,2-5,8-9,11-12H2,1H3. The van der Waals surface area contributed by atoms with Gasteiger partial charge >= 0.3 is 6.18 Å². The quantitative estimate of drug-likeness (QED) is 0.727. The van der Waals surface area contributed by atoms with Gasteiger partial charge in [-0.2, -0.15) is 13.2 Å². The van der Waals surface area contributed by atoms with Gasteiger partial charge in [0.25, 0.3) is 0 Å². The summed E-state index contributed by atoms with van der Waals surface area (Å²) in [4.78, 5) is 18.5. The molecule has 0 spiro atoms. The number of aliphatic hydroxyl groups excluding tert-OH is 1. The molecule has 1 aliphatic rings. The Hall–Kier alpha value is -1.74. The van der Waals surface area contributed by atoms with Crippen LogP contribution in [-0.2, 0) is 17.5 Å². The van der Waals surface area contributed by atoms with E-state index in [2.05, 4.69) is 4.98 Å². The fraction of sp³-hybridized carbons (Fsp3) is 0.579. The maximum Gasteiger partial charge on any atom is 0.416 e. The van der Waals surface area contributed by atoms with Gasteiger partial charge in [-0.3, -0.25) is 4.79 Å². The maximum atomic E-state index is 13.0. The van der Waals surface area contributed by atoms with Crippen LogP contribution < -0.4 is 0 Å². The molecule has 1 saturated heterocycles. The minimum absolute atomic E-state index is 0.0890. The smallest absolute Gasteiger partial charge is 0.391 e. The summed E-state index contributed by atoms with van der Waals surface area (Å²) in [5, 5.41) is 10.3. The molecule has 3 rings (SSSR count). The third-order valence-corrected chi connectivity index (χ3v) is 5.81. The SMILES string of the molecule is CCCCn1c(SCC(=O)N2CCCC(O)C2)nc2cc(C(F)(F)F)ccc21. The molecule has 9 heteroatoms. The molecular formula is C19H24F3N3O2S. The number of aromatic nitrogens is 2. The van der Waals surface area contributed by atoms with Gasteiger partial charge in [0.1, 0.15) is 0 Å². The molecule has 0 radical (unpaired) electrons. The molecule has 1 fully saturated rings. The van der Waals surface area contributed by atoms with E-state index in [1.54, 1.807) is 4.90 Å². The van der Waals surface area contributed by atoms with Crippen molar-refractivity contribution in [2.75, 3.05) is 18.8 Å². The minimum Gasteiger partial charge on any atom is -0.391 e. The Balaban J connectivity index is 1.81. The van der Waals surface area contributed by atoms with Crippen LogP contribution in [0.5, 0.6) is 0 Å². The molecule has 1 amide bonds. The number of halogens is 3. The highest BCUT2D eigenvalue weighted by Gasteiger charge is 2.31. The van der Waals surface area contributed by atoms with Crippen LogP contribution in [0.2, 0.25) is 0 Å². The molecule has 1 atom stereocenters. The number of β-amino-alcohol motifs (C(OH)–C–C–N with tert-alkyl or cyclic N) is 1. The Morgan fingerprint density at radius 3 is 2.86 bits per heavy atom. The molecule has 0 saturated carbocycles. The van der Waals surface area contributed by atoms with Gasteiger partial charge in [0.15, 0.2) is 5.16 Å². The summed E-state index contributed by atoms with van der Waals surface area (Å²) in [6.07, 6.45) is -1.63. The summed E-state index contributed by atoms with van der Waals surface area (Å²) in [6.45, 7) is 3.63. The lowest BCUT2D eigenvalue weighted by molar-refractivity contribution is -0.137. The Kier molecular flexibility index (Phi) is 6.54. The first-order valence-corrected chi connectivity index (χ1v) is 10.4. The topological polar surface area (TPSA) is 58.4 Å². The van der Waals surface area contributed by atoms with Gasteiger partial charge in [-0.15, -0.1) is 0 Å². The van der Waals surface area contributed by atoms with E-state index in [0.29, 0.717) is 36.7 Å². The number of aryl methyl sites for hydroxylation is 1. The highest BCUT2D eigenvalue weighted by molar-refractivity contribution is 7.99. The summed E-state index contributed by atoms with van der Waals surface area (Å²) in [6, 6.07) is 3.58. The van der Waals surface area contributed by atoms with Crippen molar-refractivity contribution in [3.63, 3.8) is 0 Å². The number of piperidine rings is 1. The van der Waals surface area contributed by atoms with Crippen molar-refractivity contribution in [2.24, 2.45) is 0 Å². The number of hydrogen-bond acceptors (Lipinski definition) is 4. The second-order valence-corrected chi connectivity index (χ2v) is 7.97. The Morgan fingerprint density at radius 2 is 2.18 bits per heavy atom. The first-order chi connectivity index (χ1) is 13.3. The lowest BCUT2D eigenvalue weighted by Crippen LogP contribution is -2.43. The van der Waals surface area contributed by atoms with Crippen molar-refractivity contribution in [2.45, 2.75) is 56.6 Å². The van der Waals surface area contributed by atoms with Crippen LogP contribution in [0.3, 0.4) is 0 Å². The predicted octanol–water partition coefficient (Wildman–Crippen LogP) is 3.93. The molecule has 0 aliphatic carbocycles. The molecule has 1 aromatic heterocycles. The number of carbonyl (C=O) groups is 1. The number of likely N-dealkylation sites (tertiary alicyclic amines) is 1. The zero-order valence-corrected chi connectivity index (χ0v) is 16.5. The second kappa shape index (κ2) is 8.73. The number of fused-ring (bicyclic) bond motifs is 1. The number of aliphatic hydroxyl groups is 1. The summed E-state index contributed by atoms with van der Waals surface area (Å²) in [5.74, 6) is 0.0581. The van der Waals surface area contributed by atoms with E-state index in [0.717, 1.165) is 31.4 Å². The minimum atomic E-state index is -4.42. The van der Waals surface area contributed by atoms with Crippen LogP contribution in [0.1, 0.15) is 38.2 Å². The summed E-state index contributed by atoms with van der Waals surface area (Å²) in [7, 11) is 0. The number of thioether (sulfide) groups is 1. The molecule has 1 aliphatic heterocycles. The molecule has 1 N–H and O–H groups in total. The fourth-order valence-corrected chi connectivity index (χ4v) is 4.27. The van der Waals surface area contributed by atoms with E-state index in [-0.39, 0.29) is 17.2 Å². The molecule has 0 bridgehead atoms. The van der Waals surface area contributed by atoms with E-state index in [4.69, 9.17) is 0 Å². The molecule has 28 heavy (non-hydrogen) atoms. The Bertz CT molecular complexity index is 838. The second-order valence-electron chi connectivity index (χ2n) is 7.03. The normalized spacial score (nSPS) is 18.0. The van der Waals surface area contributed by atoms with E-state index in [1.807, 2.05) is 11.5 Å². The van der Waals surface area contributed by atoms with Gasteiger partial charge in [-0.25, -0.2) is 4.98 Å². The van der Waals surface area contributed by atoms with Crippen molar-refractivity contribution in [1.82, 2.24) is 14.5 Å². The monoisotopic (exact) mass is 415 g/mol. The molecule has 1 aromatic carbocycles. The first kappa shape index (κ1) is 21.0. The van der Waals surface area contributed by atoms with Crippen LogP contribution in [0.25, 0.3) is 11.0 Å². The highest BCUT2D eigenvalue weighted by atomic mass is 32.2. The number of imidazole rings is 1. The zero-order valence-electron chi connectivity index (χ0n) is 15.7. The fourth-order valence-electron chi connectivity index (χ4n) is 3.33. The third-order valence-electron chi connectivity index (χ3n) is 4.85. The van der Waals surface area contributed by atoms with Crippen molar-refractivity contribution >= 4 is 28.7 Å². The van der Waals surface area contributed by atoms with Gasteiger partial charge in [-0.05, 0) is 37.5 Å². The highest BCUT2D eigenvalue weighted by Crippen LogP contribution is 2.33. The number of unbranched alkanes of at least 4 members (excludes halogenated alkanes) is 1. The molecule has 2 heterocycles. The number of alkyl halides is 3. The van der Waals surface area contributed by atoms with E-state index in [9.17, 15) is 23.1 Å². The van der Waals surface area contributed by atoms with Crippen LogP contribution in [0.4, 0.5) is 13.2 Å². The molecule has 2 aromatic rings. The lowest BCUT2D eigenvalue weighted by Gasteiger charge is -2.30. The lowest BCUT2D eigenvalue weighted by atomic mass is 10.1. The number of carbonyl (C=O) groups excluding carboxylic acids is 1. The molecular weight excluding hydrogens is 391 g/mol. The van der Waals surface area contributed by atoms with Crippen molar-refractivity contribution in [3.05, 3.63) is 23.8 Å². The number of benzene rings is 1. The van der Waals surface area contributed by atoms with Crippen molar-refractivity contribution in [3.8, 4) is 0 Å². The summed E-state index contributed by atoms with van der Waals surface area (Å²) in [5.41, 5.74) is 0.203. The first-order valence-electron chi connectivity index (χ1n) is 9.45. The van der Waals surface area contributed by atoms with Gasteiger partial charge in [0, 0.05) is 19.6 Å². The molecule has 5 nitrogen and oxygen atoms in total. The van der Waals surface area contributed by atoms with E-state index < -0.39 is 17.8 Å². The van der Waals surface area contributed by atoms with Crippen LogP contribution in [-0.4, -0.2) is 50.4 Å². The zero-order chi connectivity index (χ0) is 20.3. The Morgan fingerprint density at radius 1 is 1.39 bits per heavy atom. The largest absolute Gasteiger partial charge is 0.416 e. The summed E-state index contributed by atoms with van der Waals surface area (Å²) < 4.78 is 40.9. The average Bonchev–Trinajstić information content (AvgIpc) is 3.00. The Labute approximate surface area is 165 Å². The van der Waals surface area contributed by atoms with Crippen molar-refractivity contribution in [1.29, 1.82) is 0 Å². The number of nitrogens with zero attached hydrogens (tertiary/aromatic N) is 3. The van der Waals surface area contributed by atoms with Crippen LogP contribution >= 0.6 is 11.8 Å². The molecule has 1 unspecified atom stereocenters. The van der Waals surface area contributed by atoms with Gasteiger partial charge in [0.05, 0.1) is 28.5 Å². The third kappa shape index (κ3) is 4.81. The van der Waals surface area contributed by atoms with Crippen molar-refractivity contribution < 1.29 is 23.1 Å². The predicted molar refractivity (Wildman–Crippen MR) is 102 cm³/mol. The summed E-state index contributed by atoms with van der Waals surface area (Å²) >= 11 is 1.24. The number of rotatable bonds is 6. The van der Waals surface area contributed by atoms with Gasteiger partial charge in [0.2, 0.25) is 5.91 Å². The van der Waals surface area contributed by atoms with Gasteiger partial charge in [-0.1, -0.05) is 25.1 Å². The molecule has 154 valence electrons. The van der Waals surface area contributed by atoms with Crippen LogP contribution in [0.15, 0.2) is 23.4 Å². The maximum absolute atomic E-state index is 13.0. The van der Waals surface area contributed by atoms with Gasteiger partial charge < -0.3 is 14.6 Å². The van der Waals surface area contributed by atoms with E-state index in [1.165, 1.54) is 17.8 Å². The number of amides is 1. The average molecular weight is 415 g/mol. The number of hydrogen-bond donors (Lipinski definition) is 1.